The number of unbranched alkanes of at least 4 members (excludes halogenated alkanes) is 2. The lowest BCUT2D eigenvalue weighted by Crippen LogP contribution is -2.18. The molecule has 0 saturated heterocycles. The zero-order valence-electron chi connectivity index (χ0n) is 14.9. The van der Waals surface area contributed by atoms with Crippen molar-refractivity contribution in [3.8, 4) is 0 Å². The largest absolute Gasteiger partial charge is 0.481 e. The minimum absolute atomic E-state index is 0.170. The Bertz CT molecular complexity index is 402. The molecule has 138 valence electrons. The second-order valence-corrected chi connectivity index (χ2v) is 6.90. The van der Waals surface area contributed by atoms with E-state index in [1.54, 1.807) is 0 Å². The predicted octanol–water partition coefficient (Wildman–Crippen LogP) is 4.07. The molecule has 0 heterocycles. The average molecular weight is 338 g/mol. The molecule has 0 bridgehead atoms. The van der Waals surface area contributed by atoms with Crippen LogP contribution >= 0.6 is 0 Å². The smallest absolute Gasteiger partial charge is 0.303 e. The third kappa shape index (κ3) is 8.65. The first-order valence-corrected chi connectivity index (χ1v) is 9.45. The first kappa shape index (κ1) is 20.9. The molecule has 1 aliphatic carbocycles. The molecule has 0 aromatic rings. The summed E-state index contributed by atoms with van der Waals surface area (Å²) in [6.07, 6.45) is 15.8. The fraction of sp³-hybridized carbons (Fsp3) is 0.750. The lowest BCUT2D eigenvalue weighted by Gasteiger charge is -2.19. The van der Waals surface area contributed by atoms with Crippen LogP contribution in [-0.2, 0) is 4.79 Å². The maximum Gasteiger partial charge on any atom is 0.303 e. The SMILES string of the molecule is CCCCCC(O)C=C[C@@H]1CC[C@@H](O)[C@@H]1CCC=CCCC(=O)O. The van der Waals surface area contributed by atoms with E-state index in [0.29, 0.717) is 12.3 Å². The molecule has 0 spiro atoms. The Morgan fingerprint density at radius 2 is 1.96 bits per heavy atom. The van der Waals surface area contributed by atoms with Crippen molar-refractivity contribution in [1.82, 2.24) is 0 Å². The standard InChI is InChI=1S/C20H34O4/c1-2-3-6-9-17(21)14-12-16-13-15-19(22)18(16)10-7-4-5-8-11-20(23)24/h4-5,12,14,16-19,21-22H,2-3,6-11,13,15H2,1H3,(H,23,24)/t16-,17?,18-,19-/m1/s1. The van der Waals surface area contributed by atoms with Gasteiger partial charge in [-0.3, -0.25) is 4.79 Å². The summed E-state index contributed by atoms with van der Waals surface area (Å²) in [7, 11) is 0. The van der Waals surface area contributed by atoms with Crippen LogP contribution in [0, 0.1) is 11.8 Å². The Morgan fingerprint density at radius 3 is 2.67 bits per heavy atom. The van der Waals surface area contributed by atoms with E-state index in [1.807, 2.05) is 18.2 Å². The summed E-state index contributed by atoms with van der Waals surface area (Å²) in [6.45, 7) is 2.16. The van der Waals surface area contributed by atoms with Crippen molar-refractivity contribution in [1.29, 1.82) is 0 Å². The zero-order valence-corrected chi connectivity index (χ0v) is 14.9. The number of carboxylic acids is 1. The lowest BCUT2D eigenvalue weighted by molar-refractivity contribution is -0.136. The van der Waals surface area contributed by atoms with Gasteiger partial charge in [-0.05, 0) is 50.4 Å². The highest BCUT2D eigenvalue weighted by Gasteiger charge is 2.32. The molecule has 0 radical (unpaired) electrons. The summed E-state index contributed by atoms with van der Waals surface area (Å²) in [4.78, 5) is 10.4. The van der Waals surface area contributed by atoms with Gasteiger partial charge in [0.2, 0.25) is 0 Å². The number of aliphatic hydroxyl groups excluding tert-OH is 2. The van der Waals surface area contributed by atoms with E-state index in [0.717, 1.165) is 51.4 Å². The van der Waals surface area contributed by atoms with Crippen molar-refractivity contribution in [3.05, 3.63) is 24.3 Å². The molecule has 0 aliphatic heterocycles. The molecule has 4 heteroatoms. The molecule has 4 atom stereocenters. The second kappa shape index (κ2) is 12.3. The topological polar surface area (TPSA) is 77.8 Å². The van der Waals surface area contributed by atoms with Gasteiger partial charge in [0.15, 0.2) is 0 Å². The molecular weight excluding hydrogens is 304 g/mol. The van der Waals surface area contributed by atoms with Gasteiger partial charge in [0.25, 0.3) is 0 Å². The predicted molar refractivity (Wildman–Crippen MR) is 96.8 cm³/mol. The molecule has 1 rings (SSSR count). The minimum Gasteiger partial charge on any atom is -0.481 e. The van der Waals surface area contributed by atoms with Crippen molar-refractivity contribution in [2.45, 2.75) is 83.3 Å². The highest BCUT2D eigenvalue weighted by Crippen LogP contribution is 2.36. The highest BCUT2D eigenvalue weighted by atomic mass is 16.4. The fourth-order valence-electron chi connectivity index (χ4n) is 3.42. The number of hydrogen-bond donors (Lipinski definition) is 3. The number of carbonyl (C=O) groups is 1. The lowest BCUT2D eigenvalue weighted by atomic mass is 9.89. The third-order valence-electron chi connectivity index (χ3n) is 4.88. The molecular formula is C20H34O4. The highest BCUT2D eigenvalue weighted by molar-refractivity contribution is 5.66. The van der Waals surface area contributed by atoms with Crippen LogP contribution in [-0.4, -0.2) is 33.5 Å². The number of carboxylic acid groups (broad SMARTS) is 1. The number of allylic oxidation sites excluding steroid dienone is 3. The van der Waals surface area contributed by atoms with Gasteiger partial charge >= 0.3 is 5.97 Å². The summed E-state index contributed by atoms with van der Waals surface area (Å²) in [5.41, 5.74) is 0. The molecule has 0 aromatic carbocycles. The van der Waals surface area contributed by atoms with Crippen molar-refractivity contribution < 1.29 is 20.1 Å². The van der Waals surface area contributed by atoms with Crippen LogP contribution in [0.5, 0.6) is 0 Å². The van der Waals surface area contributed by atoms with Gasteiger partial charge in [-0.1, -0.05) is 50.5 Å². The third-order valence-corrected chi connectivity index (χ3v) is 4.88. The summed E-state index contributed by atoms with van der Waals surface area (Å²) in [5, 5.41) is 28.8. The van der Waals surface area contributed by atoms with E-state index < -0.39 is 5.97 Å². The van der Waals surface area contributed by atoms with Gasteiger partial charge in [-0.25, -0.2) is 0 Å². The number of hydrogen-bond acceptors (Lipinski definition) is 3. The summed E-state index contributed by atoms with van der Waals surface area (Å²) in [6, 6.07) is 0. The van der Waals surface area contributed by atoms with Gasteiger partial charge < -0.3 is 15.3 Å². The van der Waals surface area contributed by atoms with E-state index in [-0.39, 0.29) is 24.5 Å². The molecule has 1 aliphatic rings. The van der Waals surface area contributed by atoms with Gasteiger partial charge in [0.1, 0.15) is 0 Å². The monoisotopic (exact) mass is 338 g/mol. The Hall–Kier alpha value is -1.13. The molecule has 1 fully saturated rings. The minimum atomic E-state index is -0.770. The van der Waals surface area contributed by atoms with Gasteiger partial charge in [0, 0.05) is 6.42 Å². The maximum absolute atomic E-state index is 10.4. The first-order valence-electron chi connectivity index (χ1n) is 9.45. The molecule has 0 amide bonds. The van der Waals surface area contributed by atoms with Crippen molar-refractivity contribution in [2.24, 2.45) is 11.8 Å². The average Bonchev–Trinajstić information content (AvgIpc) is 2.89. The summed E-state index contributed by atoms with van der Waals surface area (Å²) < 4.78 is 0. The van der Waals surface area contributed by atoms with Crippen LogP contribution in [0.25, 0.3) is 0 Å². The second-order valence-electron chi connectivity index (χ2n) is 6.90. The number of aliphatic hydroxyl groups is 2. The van der Waals surface area contributed by atoms with E-state index in [2.05, 4.69) is 13.0 Å². The Kier molecular flexibility index (Phi) is 10.7. The normalized spacial score (nSPS) is 25.7. The van der Waals surface area contributed by atoms with Crippen LogP contribution < -0.4 is 0 Å². The molecule has 1 unspecified atom stereocenters. The van der Waals surface area contributed by atoms with E-state index >= 15 is 0 Å². The number of rotatable bonds is 12. The van der Waals surface area contributed by atoms with Crippen LogP contribution in [0.15, 0.2) is 24.3 Å². The Balaban J connectivity index is 2.34. The van der Waals surface area contributed by atoms with E-state index in [9.17, 15) is 15.0 Å². The summed E-state index contributed by atoms with van der Waals surface area (Å²) in [5.74, 6) is -0.185. The maximum atomic E-state index is 10.4. The quantitative estimate of drug-likeness (QED) is 0.370. The van der Waals surface area contributed by atoms with Crippen LogP contribution in [0.2, 0.25) is 0 Å². The first-order chi connectivity index (χ1) is 11.5. The van der Waals surface area contributed by atoms with E-state index in [1.165, 1.54) is 0 Å². The number of aliphatic carboxylic acids is 1. The molecule has 4 nitrogen and oxygen atoms in total. The molecule has 0 aromatic heterocycles. The summed E-state index contributed by atoms with van der Waals surface area (Å²) >= 11 is 0. The van der Waals surface area contributed by atoms with Crippen LogP contribution in [0.3, 0.4) is 0 Å². The van der Waals surface area contributed by atoms with Crippen molar-refractivity contribution in [3.63, 3.8) is 0 Å². The van der Waals surface area contributed by atoms with Crippen LogP contribution in [0.1, 0.15) is 71.1 Å². The molecule has 3 N–H and O–H groups in total. The Morgan fingerprint density at radius 1 is 1.21 bits per heavy atom. The Labute approximate surface area is 146 Å². The van der Waals surface area contributed by atoms with Crippen molar-refractivity contribution in [2.75, 3.05) is 0 Å². The zero-order chi connectivity index (χ0) is 17.8. The van der Waals surface area contributed by atoms with Crippen LogP contribution in [0.4, 0.5) is 0 Å². The van der Waals surface area contributed by atoms with Gasteiger partial charge in [-0.2, -0.15) is 0 Å². The van der Waals surface area contributed by atoms with Gasteiger partial charge in [0.05, 0.1) is 12.2 Å². The van der Waals surface area contributed by atoms with Gasteiger partial charge in [-0.15, -0.1) is 0 Å². The molecule has 24 heavy (non-hydrogen) atoms. The van der Waals surface area contributed by atoms with Crippen molar-refractivity contribution >= 4 is 5.97 Å². The van der Waals surface area contributed by atoms with E-state index in [4.69, 9.17) is 5.11 Å². The molecule has 1 saturated carbocycles. The fourth-order valence-corrected chi connectivity index (χ4v) is 3.42.